The molecule has 1 aliphatic heterocycles. The summed E-state index contributed by atoms with van der Waals surface area (Å²) in [6, 6.07) is 10.4. The van der Waals surface area contributed by atoms with Crippen LogP contribution in [-0.2, 0) is 11.3 Å². The van der Waals surface area contributed by atoms with E-state index in [1.165, 1.54) is 11.8 Å². The molecular weight excluding hydrogens is 465 g/mol. The van der Waals surface area contributed by atoms with Crippen LogP contribution in [0.5, 0.6) is 0 Å². The molecule has 0 saturated carbocycles. The summed E-state index contributed by atoms with van der Waals surface area (Å²) in [5, 5.41) is 7.88. The third-order valence-corrected chi connectivity index (χ3v) is 4.91. The second-order valence-electron chi connectivity index (χ2n) is 7.05. The smallest absolute Gasteiger partial charge is 0.222 e. The van der Waals surface area contributed by atoms with Gasteiger partial charge < -0.3 is 20.5 Å². The van der Waals surface area contributed by atoms with Crippen LogP contribution in [0.3, 0.4) is 0 Å². The molecule has 2 aromatic rings. The molecule has 2 heterocycles. The van der Waals surface area contributed by atoms with Crippen LogP contribution >= 0.6 is 24.0 Å². The van der Waals surface area contributed by atoms with Crippen molar-refractivity contribution in [3.63, 3.8) is 0 Å². The molecule has 0 bridgehead atoms. The number of nitrogens with one attached hydrogen (secondary N) is 3. The molecule has 1 saturated heterocycles. The molecule has 154 valence electrons. The van der Waals surface area contributed by atoms with Gasteiger partial charge in [0.2, 0.25) is 5.91 Å². The minimum absolute atomic E-state index is 0. The van der Waals surface area contributed by atoms with E-state index in [2.05, 4.69) is 45.7 Å². The van der Waals surface area contributed by atoms with E-state index in [9.17, 15) is 4.79 Å². The molecule has 1 fully saturated rings. The lowest BCUT2D eigenvalue weighted by molar-refractivity contribution is -0.130. The standard InChI is InChI=1S/C21H31N5O.HI/c1-2-22-21(23-12-8-14-26-13-7-3-4-11-20(26)27)24-16-18-15-17-9-5-6-10-19(17)25-18;/h5-6,9-10,15,25H,2-4,7-8,11-14,16H2,1H3,(H2,22,23,24);1H. The maximum absolute atomic E-state index is 12.0. The summed E-state index contributed by atoms with van der Waals surface area (Å²) in [5.74, 6) is 1.13. The first-order valence-electron chi connectivity index (χ1n) is 10.1. The van der Waals surface area contributed by atoms with Crippen molar-refractivity contribution in [2.75, 3.05) is 26.2 Å². The molecule has 1 aromatic carbocycles. The van der Waals surface area contributed by atoms with Crippen LogP contribution in [0.2, 0.25) is 0 Å². The molecule has 0 atom stereocenters. The van der Waals surface area contributed by atoms with Gasteiger partial charge in [0.15, 0.2) is 5.96 Å². The van der Waals surface area contributed by atoms with E-state index in [1.54, 1.807) is 0 Å². The van der Waals surface area contributed by atoms with Gasteiger partial charge in [0, 0.05) is 43.8 Å². The van der Waals surface area contributed by atoms with Gasteiger partial charge in [0.1, 0.15) is 0 Å². The third-order valence-electron chi connectivity index (χ3n) is 4.91. The van der Waals surface area contributed by atoms with Crippen LogP contribution < -0.4 is 10.6 Å². The number of carbonyl (C=O) groups is 1. The molecule has 0 spiro atoms. The lowest BCUT2D eigenvalue weighted by Crippen LogP contribution is -2.39. The summed E-state index contributed by atoms with van der Waals surface area (Å²) >= 11 is 0. The summed E-state index contributed by atoms with van der Waals surface area (Å²) in [7, 11) is 0. The van der Waals surface area contributed by atoms with Crippen LogP contribution in [0.4, 0.5) is 0 Å². The highest BCUT2D eigenvalue weighted by Crippen LogP contribution is 2.15. The Morgan fingerprint density at radius 3 is 2.89 bits per heavy atom. The number of likely N-dealkylation sites (tertiary alicyclic amines) is 1. The maximum atomic E-state index is 12.0. The lowest BCUT2D eigenvalue weighted by atomic mass is 10.2. The number of fused-ring (bicyclic) bond motifs is 1. The summed E-state index contributed by atoms with van der Waals surface area (Å²) < 4.78 is 0. The first-order chi connectivity index (χ1) is 13.3. The molecule has 0 radical (unpaired) electrons. The largest absolute Gasteiger partial charge is 0.357 e. The van der Waals surface area contributed by atoms with Gasteiger partial charge in [-0.25, -0.2) is 4.99 Å². The van der Waals surface area contributed by atoms with Crippen molar-refractivity contribution in [1.29, 1.82) is 0 Å². The van der Waals surface area contributed by atoms with Gasteiger partial charge in [-0.1, -0.05) is 24.6 Å². The van der Waals surface area contributed by atoms with Gasteiger partial charge in [-0.2, -0.15) is 0 Å². The van der Waals surface area contributed by atoms with Crippen molar-refractivity contribution < 1.29 is 4.79 Å². The first-order valence-corrected chi connectivity index (χ1v) is 10.1. The maximum Gasteiger partial charge on any atom is 0.222 e. The summed E-state index contributed by atoms with van der Waals surface area (Å²) in [6.07, 6.45) is 4.99. The van der Waals surface area contributed by atoms with Gasteiger partial charge in [-0.3, -0.25) is 4.79 Å². The Morgan fingerprint density at radius 2 is 2.07 bits per heavy atom. The van der Waals surface area contributed by atoms with Crippen molar-refractivity contribution in [2.45, 2.75) is 45.6 Å². The van der Waals surface area contributed by atoms with Gasteiger partial charge in [0.25, 0.3) is 0 Å². The van der Waals surface area contributed by atoms with E-state index in [0.29, 0.717) is 18.9 Å². The quantitative estimate of drug-likeness (QED) is 0.237. The number of benzene rings is 1. The van der Waals surface area contributed by atoms with Crippen LogP contribution in [0.25, 0.3) is 10.9 Å². The van der Waals surface area contributed by atoms with Crippen molar-refractivity contribution in [3.8, 4) is 0 Å². The van der Waals surface area contributed by atoms with Crippen molar-refractivity contribution >= 4 is 46.7 Å². The van der Waals surface area contributed by atoms with Crippen molar-refractivity contribution in [1.82, 2.24) is 20.5 Å². The second kappa shape index (κ2) is 11.9. The Hall–Kier alpha value is -1.77. The Morgan fingerprint density at radius 1 is 1.21 bits per heavy atom. The number of aromatic nitrogens is 1. The third kappa shape index (κ3) is 6.68. The molecule has 1 aromatic heterocycles. The van der Waals surface area contributed by atoms with Crippen LogP contribution in [0.1, 0.15) is 44.7 Å². The number of nitrogens with zero attached hydrogens (tertiary/aromatic N) is 2. The minimum atomic E-state index is 0. The number of para-hydroxylation sites is 1. The summed E-state index contributed by atoms with van der Waals surface area (Å²) in [6.45, 7) is 6.04. The van der Waals surface area contributed by atoms with E-state index in [1.807, 2.05) is 17.0 Å². The van der Waals surface area contributed by atoms with Crippen molar-refractivity contribution in [3.05, 3.63) is 36.0 Å². The zero-order valence-electron chi connectivity index (χ0n) is 16.7. The molecular formula is C21H32IN5O. The normalized spacial score (nSPS) is 15.2. The average molecular weight is 497 g/mol. The molecule has 0 unspecified atom stereocenters. The molecule has 7 heteroatoms. The van der Waals surface area contributed by atoms with Crippen LogP contribution in [0.15, 0.2) is 35.3 Å². The molecule has 3 N–H and O–H groups in total. The predicted octanol–water partition coefficient (Wildman–Crippen LogP) is 3.63. The fraction of sp³-hybridized carbons (Fsp3) is 0.524. The molecule has 1 aliphatic rings. The highest BCUT2D eigenvalue weighted by molar-refractivity contribution is 14.0. The van der Waals surface area contributed by atoms with Gasteiger partial charge in [-0.15, -0.1) is 24.0 Å². The van der Waals surface area contributed by atoms with E-state index in [0.717, 1.165) is 62.6 Å². The average Bonchev–Trinajstić information content (AvgIpc) is 2.99. The van der Waals surface area contributed by atoms with Gasteiger partial charge >= 0.3 is 0 Å². The number of hydrogen-bond acceptors (Lipinski definition) is 2. The Labute approximate surface area is 184 Å². The lowest BCUT2D eigenvalue weighted by Gasteiger charge is -2.20. The Kier molecular flexibility index (Phi) is 9.60. The van der Waals surface area contributed by atoms with E-state index < -0.39 is 0 Å². The minimum Gasteiger partial charge on any atom is -0.357 e. The predicted molar refractivity (Wildman–Crippen MR) is 126 cm³/mol. The summed E-state index contributed by atoms with van der Waals surface area (Å²) in [4.78, 5) is 22.1. The van der Waals surface area contributed by atoms with Crippen LogP contribution in [-0.4, -0.2) is 47.9 Å². The number of rotatable bonds is 7. The van der Waals surface area contributed by atoms with E-state index in [-0.39, 0.29) is 24.0 Å². The Bertz CT molecular complexity index is 740. The molecule has 6 nitrogen and oxygen atoms in total. The zero-order chi connectivity index (χ0) is 18.9. The number of amides is 1. The SMILES string of the molecule is CCNC(=NCc1cc2ccccc2[nH]1)NCCCN1CCCCCC1=O.I. The number of guanidine groups is 1. The molecule has 3 rings (SSSR count). The number of aliphatic imine (C=N–C) groups is 1. The first kappa shape index (κ1) is 22.5. The number of aromatic amines is 1. The number of carbonyl (C=O) groups excluding carboxylic acids is 1. The topological polar surface area (TPSA) is 72.5 Å². The van der Waals surface area contributed by atoms with Gasteiger partial charge in [0.05, 0.1) is 6.54 Å². The van der Waals surface area contributed by atoms with Gasteiger partial charge in [-0.05, 0) is 43.7 Å². The zero-order valence-corrected chi connectivity index (χ0v) is 19.0. The second-order valence-corrected chi connectivity index (χ2v) is 7.05. The monoisotopic (exact) mass is 497 g/mol. The number of halogens is 1. The van der Waals surface area contributed by atoms with E-state index >= 15 is 0 Å². The fourth-order valence-corrected chi connectivity index (χ4v) is 3.48. The fourth-order valence-electron chi connectivity index (χ4n) is 3.48. The summed E-state index contributed by atoms with van der Waals surface area (Å²) in [5.41, 5.74) is 2.24. The Balaban J connectivity index is 0.00000280. The molecule has 28 heavy (non-hydrogen) atoms. The van der Waals surface area contributed by atoms with Crippen LogP contribution in [0, 0.1) is 0 Å². The number of H-pyrrole nitrogens is 1. The highest BCUT2D eigenvalue weighted by atomic mass is 127. The highest BCUT2D eigenvalue weighted by Gasteiger charge is 2.15. The number of hydrogen-bond donors (Lipinski definition) is 3. The van der Waals surface area contributed by atoms with E-state index in [4.69, 9.17) is 0 Å². The van der Waals surface area contributed by atoms with Crippen molar-refractivity contribution in [2.24, 2.45) is 4.99 Å². The molecule has 0 aliphatic carbocycles. The molecule has 1 amide bonds.